The first-order chi connectivity index (χ1) is 13.0. The zero-order valence-corrected chi connectivity index (χ0v) is 16.6. The summed E-state index contributed by atoms with van der Waals surface area (Å²) in [5.74, 6) is 0.294. The number of ether oxygens (including phenoxy) is 2. The third-order valence-corrected chi connectivity index (χ3v) is 7.36. The monoisotopic (exact) mass is 410 g/mol. The lowest BCUT2D eigenvalue weighted by Crippen LogP contribution is -2.42. The van der Waals surface area contributed by atoms with Crippen LogP contribution in [0, 0.1) is 0 Å². The molecule has 3 rings (SSSR count). The van der Waals surface area contributed by atoms with E-state index in [-0.39, 0.29) is 22.8 Å². The number of carbonyl (C=O) groups is 1. The highest BCUT2D eigenvalue weighted by molar-refractivity contribution is 7.94. The second kappa shape index (κ2) is 8.73. The van der Waals surface area contributed by atoms with E-state index in [0.717, 1.165) is 19.4 Å². The van der Waals surface area contributed by atoms with Gasteiger partial charge in [0.25, 0.3) is 15.9 Å². The van der Waals surface area contributed by atoms with Crippen LogP contribution in [0.4, 0.5) is 5.69 Å². The molecule has 1 atom stereocenters. The maximum Gasteiger partial charge on any atom is 0.273 e. The number of hydrogen-bond donors (Lipinski definition) is 1. The van der Waals surface area contributed by atoms with Gasteiger partial charge < -0.3 is 14.8 Å². The van der Waals surface area contributed by atoms with E-state index >= 15 is 0 Å². The van der Waals surface area contributed by atoms with Gasteiger partial charge in [-0.25, -0.2) is 8.42 Å². The molecule has 0 saturated carbocycles. The molecule has 1 aliphatic heterocycles. The molecule has 27 heavy (non-hydrogen) atoms. The van der Waals surface area contributed by atoms with E-state index in [1.165, 1.54) is 22.7 Å². The summed E-state index contributed by atoms with van der Waals surface area (Å²) in [4.78, 5) is 11.9. The number of anilines is 1. The van der Waals surface area contributed by atoms with Crippen LogP contribution in [-0.2, 0) is 19.6 Å². The molecule has 9 heteroatoms. The maximum absolute atomic E-state index is 12.5. The minimum absolute atomic E-state index is 0.0355. The van der Waals surface area contributed by atoms with Crippen molar-refractivity contribution in [1.82, 2.24) is 5.32 Å². The number of thiophene rings is 1. The first-order valence-corrected chi connectivity index (χ1v) is 10.9. The lowest BCUT2D eigenvalue weighted by atomic mass is 10.1. The molecule has 1 aromatic carbocycles. The fourth-order valence-electron chi connectivity index (χ4n) is 2.71. The number of rotatable bonds is 7. The van der Waals surface area contributed by atoms with E-state index in [1.54, 1.807) is 41.8 Å². The molecular formula is C18H22N2O5S2. The smallest absolute Gasteiger partial charge is 0.273 e. The molecule has 1 saturated heterocycles. The summed E-state index contributed by atoms with van der Waals surface area (Å²) >= 11 is 1.17. The Balaban J connectivity index is 1.54. The summed E-state index contributed by atoms with van der Waals surface area (Å²) < 4.78 is 37.4. The minimum atomic E-state index is -3.57. The fourth-order valence-corrected chi connectivity index (χ4v) is 5.07. The fraction of sp³-hybridized carbons (Fsp3) is 0.389. The Morgan fingerprint density at radius 3 is 2.74 bits per heavy atom. The van der Waals surface area contributed by atoms with Crippen LogP contribution < -0.4 is 14.4 Å². The van der Waals surface area contributed by atoms with Crippen molar-refractivity contribution in [2.45, 2.75) is 23.1 Å². The molecule has 7 nitrogen and oxygen atoms in total. The number of hydrogen-bond acceptors (Lipinski definition) is 6. The number of sulfonamides is 1. The normalized spacial score (nSPS) is 17.3. The zero-order chi connectivity index (χ0) is 19.3. The van der Waals surface area contributed by atoms with Crippen LogP contribution in [0.15, 0.2) is 46.0 Å². The highest BCUT2D eigenvalue weighted by atomic mass is 32.2. The Bertz CT molecular complexity index is 844. The quantitative estimate of drug-likeness (QED) is 0.757. The molecule has 0 bridgehead atoms. The Kier molecular flexibility index (Phi) is 6.35. The molecule has 1 fully saturated rings. The van der Waals surface area contributed by atoms with Crippen LogP contribution in [0.3, 0.4) is 0 Å². The Hall–Kier alpha value is -2.10. The highest BCUT2D eigenvalue weighted by Crippen LogP contribution is 2.26. The van der Waals surface area contributed by atoms with Gasteiger partial charge in [0.1, 0.15) is 9.96 Å². The molecule has 2 heterocycles. The summed E-state index contributed by atoms with van der Waals surface area (Å²) in [6, 6.07) is 9.89. The summed E-state index contributed by atoms with van der Waals surface area (Å²) in [5.41, 5.74) is 0.513. The third-order valence-electron chi connectivity index (χ3n) is 4.21. The number of nitrogens with zero attached hydrogens (tertiary/aromatic N) is 1. The molecule has 1 aliphatic rings. The average Bonchev–Trinajstić information content (AvgIpc) is 3.23. The standard InChI is InChI=1S/C18H22N2O5S2/c1-20(27(22,23)18-5-3-11-26-18)15-6-8-16(9-7-15)25-13-17(21)19-14-4-2-10-24-12-14/h3,5-9,11,14H,2,4,10,12-13H2,1H3,(H,19,21). The van der Waals surface area contributed by atoms with Crippen LogP contribution in [0.5, 0.6) is 5.75 Å². The molecule has 1 amide bonds. The van der Waals surface area contributed by atoms with Crippen molar-refractivity contribution >= 4 is 33.0 Å². The molecule has 0 spiro atoms. The van der Waals surface area contributed by atoms with Crippen molar-refractivity contribution in [3.05, 3.63) is 41.8 Å². The van der Waals surface area contributed by atoms with Crippen molar-refractivity contribution < 1.29 is 22.7 Å². The van der Waals surface area contributed by atoms with Crippen molar-refractivity contribution in [2.24, 2.45) is 0 Å². The van der Waals surface area contributed by atoms with Gasteiger partial charge >= 0.3 is 0 Å². The maximum atomic E-state index is 12.5. The largest absolute Gasteiger partial charge is 0.484 e. The van der Waals surface area contributed by atoms with E-state index in [0.29, 0.717) is 18.0 Å². The van der Waals surface area contributed by atoms with Crippen LogP contribution in [0.2, 0.25) is 0 Å². The van der Waals surface area contributed by atoms with E-state index < -0.39 is 10.0 Å². The highest BCUT2D eigenvalue weighted by Gasteiger charge is 2.22. The van der Waals surface area contributed by atoms with E-state index in [9.17, 15) is 13.2 Å². The number of nitrogens with one attached hydrogen (secondary N) is 1. The Labute approximate surface area is 163 Å². The van der Waals surface area contributed by atoms with Gasteiger partial charge in [-0.15, -0.1) is 11.3 Å². The van der Waals surface area contributed by atoms with Crippen LogP contribution in [-0.4, -0.2) is 47.2 Å². The van der Waals surface area contributed by atoms with E-state index in [2.05, 4.69) is 5.32 Å². The van der Waals surface area contributed by atoms with Crippen molar-refractivity contribution in [2.75, 3.05) is 31.2 Å². The van der Waals surface area contributed by atoms with Crippen LogP contribution >= 0.6 is 11.3 Å². The van der Waals surface area contributed by atoms with E-state index in [4.69, 9.17) is 9.47 Å². The number of amides is 1. The van der Waals surface area contributed by atoms with Gasteiger partial charge in [0.2, 0.25) is 0 Å². The molecule has 1 N–H and O–H groups in total. The number of benzene rings is 1. The van der Waals surface area contributed by atoms with E-state index in [1.807, 2.05) is 0 Å². The van der Waals surface area contributed by atoms with Crippen LogP contribution in [0.25, 0.3) is 0 Å². The second-order valence-electron chi connectivity index (χ2n) is 6.17. The van der Waals surface area contributed by atoms with Crippen molar-refractivity contribution in [3.63, 3.8) is 0 Å². The molecule has 0 aliphatic carbocycles. The topological polar surface area (TPSA) is 84.9 Å². The molecule has 0 radical (unpaired) electrons. The summed E-state index contributed by atoms with van der Waals surface area (Å²) in [5, 5.41) is 4.60. The SMILES string of the molecule is CN(c1ccc(OCC(=O)NC2CCCOC2)cc1)S(=O)(=O)c1cccs1. The predicted molar refractivity (Wildman–Crippen MR) is 104 cm³/mol. The summed E-state index contributed by atoms with van der Waals surface area (Å²) in [6.45, 7) is 1.18. The van der Waals surface area contributed by atoms with Gasteiger partial charge in [0.05, 0.1) is 18.3 Å². The lowest BCUT2D eigenvalue weighted by Gasteiger charge is -2.23. The second-order valence-corrected chi connectivity index (χ2v) is 9.31. The summed E-state index contributed by atoms with van der Waals surface area (Å²) in [6.07, 6.45) is 1.85. The van der Waals surface area contributed by atoms with Gasteiger partial charge in [0, 0.05) is 13.7 Å². The molecule has 1 unspecified atom stereocenters. The molecule has 2 aromatic rings. The minimum Gasteiger partial charge on any atom is -0.484 e. The Morgan fingerprint density at radius 2 is 2.11 bits per heavy atom. The lowest BCUT2D eigenvalue weighted by molar-refractivity contribution is -0.124. The first-order valence-electron chi connectivity index (χ1n) is 8.59. The van der Waals surface area contributed by atoms with Crippen molar-refractivity contribution in [3.8, 4) is 5.75 Å². The molecule has 1 aromatic heterocycles. The van der Waals surface area contributed by atoms with Gasteiger partial charge in [-0.1, -0.05) is 6.07 Å². The predicted octanol–water partition coefficient (Wildman–Crippen LogP) is 2.25. The van der Waals surface area contributed by atoms with Gasteiger partial charge in [-0.2, -0.15) is 0 Å². The molecule has 146 valence electrons. The number of carbonyl (C=O) groups excluding carboxylic acids is 1. The Morgan fingerprint density at radius 1 is 1.33 bits per heavy atom. The van der Waals surface area contributed by atoms with Gasteiger partial charge in [0.15, 0.2) is 6.61 Å². The molecular weight excluding hydrogens is 388 g/mol. The zero-order valence-electron chi connectivity index (χ0n) is 15.0. The van der Waals surface area contributed by atoms with Gasteiger partial charge in [-0.05, 0) is 48.6 Å². The summed E-state index contributed by atoms with van der Waals surface area (Å²) in [7, 11) is -2.06. The van der Waals surface area contributed by atoms with Crippen LogP contribution in [0.1, 0.15) is 12.8 Å². The van der Waals surface area contributed by atoms with Crippen molar-refractivity contribution in [1.29, 1.82) is 0 Å². The average molecular weight is 411 g/mol. The van der Waals surface area contributed by atoms with Gasteiger partial charge in [-0.3, -0.25) is 9.10 Å². The first kappa shape index (κ1) is 19.7. The third kappa shape index (κ3) is 5.00.